The SMILES string of the molecule is CC(=O)OC[C@H]1CN(c2cc(F)c(N3CCON(C(=O)CNC=O)CC3)c(F)c2)C(=O)O1. The third-order valence-electron chi connectivity index (χ3n) is 4.77. The topological polar surface area (TPSA) is 118 Å². The molecule has 0 bridgehead atoms. The van der Waals surface area contributed by atoms with E-state index in [0.29, 0.717) is 6.41 Å². The predicted molar refractivity (Wildman–Crippen MR) is 105 cm³/mol. The van der Waals surface area contributed by atoms with Crippen molar-refractivity contribution in [2.45, 2.75) is 13.0 Å². The Morgan fingerprint density at radius 2 is 1.97 bits per heavy atom. The first-order chi connectivity index (χ1) is 15.3. The number of amides is 3. The molecule has 13 heteroatoms. The van der Waals surface area contributed by atoms with Gasteiger partial charge in [-0.2, -0.15) is 0 Å². The maximum Gasteiger partial charge on any atom is 0.414 e. The van der Waals surface area contributed by atoms with Crippen molar-refractivity contribution in [3.8, 4) is 0 Å². The van der Waals surface area contributed by atoms with Crippen LogP contribution in [0.5, 0.6) is 0 Å². The van der Waals surface area contributed by atoms with Crippen LogP contribution < -0.4 is 15.1 Å². The van der Waals surface area contributed by atoms with Crippen LogP contribution in [0.4, 0.5) is 25.0 Å². The average molecular weight is 456 g/mol. The Hall–Kier alpha value is -3.48. The third-order valence-corrected chi connectivity index (χ3v) is 4.77. The van der Waals surface area contributed by atoms with Gasteiger partial charge in [0.15, 0.2) is 17.7 Å². The number of hydrogen-bond acceptors (Lipinski definition) is 8. The summed E-state index contributed by atoms with van der Waals surface area (Å²) in [5.74, 6) is -2.84. The van der Waals surface area contributed by atoms with Crippen LogP contribution in [0.25, 0.3) is 0 Å². The summed E-state index contributed by atoms with van der Waals surface area (Å²) >= 11 is 0. The van der Waals surface area contributed by atoms with Crippen LogP contribution in [0.2, 0.25) is 0 Å². The molecule has 3 amide bonds. The number of nitrogens with one attached hydrogen (secondary N) is 1. The number of carbonyl (C=O) groups excluding carboxylic acids is 4. The minimum absolute atomic E-state index is 0.0102. The number of carbonyl (C=O) groups is 4. The highest BCUT2D eigenvalue weighted by atomic mass is 19.1. The average Bonchev–Trinajstić information content (AvgIpc) is 2.95. The molecule has 2 heterocycles. The van der Waals surface area contributed by atoms with Crippen molar-refractivity contribution in [3.05, 3.63) is 23.8 Å². The Kier molecular flexibility index (Phi) is 7.41. The molecule has 0 aliphatic carbocycles. The number of rotatable bonds is 7. The molecule has 0 radical (unpaired) electrons. The lowest BCUT2D eigenvalue weighted by Gasteiger charge is -2.24. The standard InChI is InChI=1S/C19H22F2N4O7/c1-12(27)30-10-14-9-24(19(29)32-14)13-6-15(20)18(16(21)7-13)23-2-3-25(31-5-4-23)17(28)8-22-11-26/h6-7,11,14H,2-5,8-10H2,1H3,(H,22,26)/t14-/m1/s1. The summed E-state index contributed by atoms with van der Waals surface area (Å²) in [6, 6.07) is 2.02. The van der Waals surface area contributed by atoms with E-state index < -0.39 is 35.7 Å². The first-order valence-corrected chi connectivity index (χ1v) is 9.76. The van der Waals surface area contributed by atoms with Crippen LogP contribution in [-0.4, -0.2) is 81.5 Å². The van der Waals surface area contributed by atoms with Crippen LogP contribution >= 0.6 is 0 Å². The van der Waals surface area contributed by atoms with Crippen molar-refractivity contribution >= 4 is 35.8 Å². The van der Waals surface area contributed by atoms with E-state index in [-0.39, 0.29) is 57.3 Å². The summed E-state index contributed by atoms with van der Waals surface area (Å²) in [6.07, 6.45) is -1.18. The fraction of sp³-hybridized carbons (Fsp3) is 0.474. The van der Waals surface area contributed by atoms with Gasteiger partial charge < -0.3 is 19.7 Å². The lowest BCUT2D eigenvalue weighted by molar-refractivity contribution is -0.180. The van der Waals surface area contributed by atoms with E-state index in [1.807, 2.05) is 0 Å². The summed E-state index contributed by atoms with van der Waals surface area (Å²) in [4.78, 5) is 53.0. The van der Waals surface area contributed by atoms with Gasteiger partial charge >= 0.3 is 12.1 Å². The van der Waals surface area contributed by atoms with Crippen molar-refractivity contribution < 1.29 is 42.3 Å². The molecule has 11 nitrogen and oxygen atoms in total. The summed E-state index contributed by atoms with van der Waals surface area (Å²) in [5.41, 5.74) is -0.358. The molecule has 1 atom stereocenters. The maximum atomic E-state index is 14.9. The zero-order valence-corrected chi connectivity index (χ0v) is 17.2. The Morgan fingerprint density at radius 3 is 2.62 bits per heavy atom. The Balaban J connectivity index is 1.69. The lowest BCUT2D eigenvalue weighted by Crippen LogP contribution is -2.39. The van der Waals surface area contributed by atoms with E-state index in [1.165, 1.54) is 11.8 Å². The van der Waals surface area contributed by atoms with Crippen LogP contribution in [0, 0.1) is 11.6 Å². The second kappa shape index (κ2) is 10.2. The minimum Gasteiger partial charge on any atom is -0.462 e. The fourth-order valence-corrected chi connectivity index (χ4v) is 3.33. The highest BCUT2D eigenvalue weighted by Crippen LogP contribution is 2.31. The van der Waals surface area contributed by atoms with E-state index in [1.54, 1.807) is 0 Å². The van der Waals surface area contributed by atoms with E-state index in [4.69, 9.17) is 14.3 Å². The zero-order chi connectivity index (χ0) is 23.3. The van der Waals surface area contributed by atoms with Crippen molar-refractivity contribution in [1.82, 2.24) is 10.4 Å². The van der Waals surface area contributed by atoms with Gasteiger partial charge in [0.2, 0.25) is 6.41 Å². The van der Waals surface area contributed by atoms with Gasteiger partial charge in [0.25, 0.3) is 5.91 Å². The highest BCUT2D eigenvalue weighted by Gasteiger charge is 2.34. The van der Waals surface area contributed by atoms with Gasteiger partial charge in [0.05, 0.1) is 31.9 Å². The second-order valence-corrected chi connectivity index (χ2v) is 6.99. The Bertz CT molecular complexity index is 877. The van der Waals surface area contributed by atoms with Crippen molar-refractivity contribution in [1.29, 1.82) is 0 Å². The lowest BCUT2D eigenvalue weighted by atomic mass is 10.2. The molecule has 0 unspecified atom stereocenters. The smallest absolute Gasteiger partial charge is 0.414 e. The number of benzene rings is 1. The fourth-order valence-electron chi connectivity index (χ4n) is 3.33. The molecule has 2 aliphatic rings. The highest BCUT2D eigenvalue weighted by molar-refractivity contribution is 5.90. The van der Waals surface area contributed by atoms with Crippen molar-refractivity contribution in [2.75, 3.05) is 55.7 Å². The van der Waals surface area contributed by atoms with Gasteiger partial charge in [-0.25, -0.2) is 18.6 Å². The van der Waals surface area contributed by atoms with E-state index in [0.717, 1.165) is 22.1 Å². The second-order valence-electron chi connectivity index (χ2n) is 6.99. The summed E-state index contributed by atoms with van der Waals surface area (Å²) in [7, 11) is 0. The number of ether oxygens (including phenoxy) is 2. The van der Waals surface area contributed by atoms with E-state index >= 15 is 0 Å². The van der Waals surface area contributed by atoms with Gasteiger partial charge in [-0.3, -0.25) is 24.1 Å². The van der Waals surface area contributed by atoms with Gasteiger partial charge in [-0.1, -0.05) is 0 Å². The zero-order valence-electron chi connectivity index (χ0n) is 17.2. The molecule has 1 N–H and O–H groups in total. The normalized spacial score (nSPS) is 18.8. The number of halogens is 2. The molecule has 2 aliphatic heterocycles. The number of cyclic esters (lactones) is 1. The molecular weight excluding hydrogens is 434 g/mol. The largest absolute Gasteiger partial charge is 0.462 e. The van der Waals surface area contributed by atoms with E-state index in [9.17, 15) is 28.0 Å². The van der Waals surface area contributed by atoms with Crippen molar-refractivity contribution in [2.24, 2.45) is 0 Å². The summed E-state index contributed by atoms with van der Waals surface area (Å²) in [6.45, 7) is 0.957. The number of esters is 1. The maximum absolute atomic E-state index is 14.9. The molecule has 32 heavy (non-hydrogen) atoms. The van der Waals surface area contributed by atoms with Gasteiger partial charge in [-0.15, -0.1) is 0 Å². The summed E-state index contributed by atoms with van der Waals surface area (Å²) < 4.78 is 39.6. The molecule has 1 aromatic carbocycles. The molecule has 2 saturated heterocycles. The van der Waals surface area contributed by atoms with Gasteiger partial charge in [0, 0.05) is 32.1 Å². The Morgan fingerprint density at radius 1 is 1.25 bits per heavy atom. The molecule has 0 aromatic heterocycles. The van der Waals surface area contributed by atoms with Gasteiger partial charge in [-0.05, 0) is 0 Å². The first kappa shape index (κ1) is 23.2. The Labute approximate surface area is 181 Å². The van der Waals surface area contributed by atoms with Crippen LogP contribution in [0.1, 0.15) is 6.92 Å². The molecule has 2 fully saturated rings. The van der Waals surface area contributed by atoms with Crippen LogP contribution in [0.15, 0.2) is 12.1 Å². The minimum atomic E-state index is -0.904. The number of anilines is 2. The number of hydroxylamine groups is 2. The van der Waals surface area contributed by atoms with Crippen molar-refractivity contribution in [3.63, 3.8) is 0 Å². The number of hydrogen-bond donors (Lipinski definition) is 1. The van der Waals surface area contributed by atoms with E-state index in [2.05, 4.69) is 5.32 Å². The van der Waals surface area contributed by atoms with Crippen LogP contribution in [-0.2, 0) is 28.7 Å². The molecule has 3 rings (SSSR count). The monoisotopic (exact) mass is 456 g/mol. The van der Waals surface area contributed by atoms with Crippen LogP contribution in [0.3, 0.4) is 0 Å². The molecule has 0 saturated carbocycles. The van der Waals surface area contributed by atoms with Gasteiger partial charge in [0.1, 0.15) is 12.3 Å². The first-order valence-electron chi connectivity index (χ1n) is 9.76. The molecular formula is C19H22F2N4O7. The number of nitrogens with zero attached hydrogens (tertiary/aromatic N) is 3. The third kappa shape index (κ3) is 5.41. The predicted octanol–water partition coefficient (Wildman–Crippen LogP) is 0.179. The molecule has 0 spiro atoms. The molecule has 1 aromatic rings. The summed E-state index contributed by atoms with van der Waals surface area (Å²) in [5, 5.41) is 3.26. The molecule has 174 valence electrons. The quantitative estimate of drug-likeness (QED) is 0.456.